The molecule has 2 heterocycles. The lowest BCUT2D eigenvalue weighted by Gasteiger charge is -2.16. The van der Waals surface area contributed by atoms with Crippen molar-refractivity contribution in [2.24, 2.45) is 0 Å². The second kappa shape index (κ2) is 10.1. The zero-order valence-corrected chi connectivity index (χ0v) is 19.6. The van der Waals surface area contributed by atoms with Gasteiger partial charge in [-0.1, -0.05) is 25.5 Å². The normalized spacial score (nSPS) is 10.9. The Labute approximate surface area is 187 Å². The summed E-state index contributed by atoms with van der Waals surface area (Å²) < 4.78 is 19.4. The lowest BCUT2D eigenvalue weighted by molar-refractivity contribution is 0.0523. The summed E-state index contributed by atoms with van der Waals surface area (Å²) in [5.74, 6) is 0.255. The van der Waals surface area contributed by atoms with Crippen molar-refractivity contribution in [1.29, 1.82) is 0 Å². The van der Waals surface area contributed by atoms with Crippen LogP contribution in [0.1, 0.15) is 42.6 Å². The number of unbranched alkanes of at least 4 members (excludes halogenated alkanes) is 1. The summed E-state index contributed by atoms with van der Waals surface area (Å²) in [6.07, 6.45) is 1.70. The first-order chi connectivity index (χ1) is 14.5. The summed E-state index contributed by atoms with van der Waals surface area (Å²) >= 11 is 4.87. The molecule has 0 saturated heterocycles. The summed E-state index contributed by atoms with van der Waals surface area (Å²) in [7, 11) is 1.61. The van der Waals surface area contributed by atoms with E-state index in [2.05, 4.69) is 15.9 Å². The van der Waals surface area contributed by atoms with E-state index in [1.54, 1.807) is 18.6 Å². The molecular formula is C22H24BrNO5S. The number of benzene rings is 1. The van der Waals surface area contributed by atoms with Crippen molar-refractivity contribution in [2.75, 3.05) is 20.3 Å². The maximum absolute atomic E-state index is 13.4. The molecule has 0 aliphatic heterocycles. The van der Waals surface area contributed by atoms with E-state index in [-0.39, 0.29) is 23.5 Å². The van der Waals surface area contributed by atoms with Gasteiger partial charge in [-0.05, 0) is 53.0 Å². The Kier molecular flexibility index (Phi) is 7.55. The number of fused-ring (bicyclic) bond motifs is 1. The van der Waals surface area contributed by atoms with E-state index >= 15 is 0 Å². The van der Waals surface area contributed by atoms with Crippen molar-refractivity contribution >= 4 is 43.5 Å². The largest absolute Gasteiger partial charge is 0.497 e. The highest BCUT2D eigenvalue weighted by atomic mass is 79.9. The molecule has 6 nitrogen and oxygen atoms in total. The van der Waals surface area contributed by atoms with Gasteiger partial charge < -0.3 is 14.2 Å². The number of ether oxygens (including phenoxy) is 3. The van der Waals surface area contributed by atoms with Crippen LogP contribution in [0, 0.1) is 0 Å². The maximum atomic E-state index is 13.4. The summed E-state index contributed by atoms with van der Waals surface area (Å²) in [6, 6.07) is 9.38. The third kappa shape index (κ3) is 4.70. The van der Waals surface area contributed by atoms with Gasteiger partial charge in [0.25, 0.3) is 5.56 Å². The maximum Gasteiger partial charge on any atom is 0.343 e. The molecule has 2 aromatic heterocycles. The average molecular weight is 494 g/mol. The molecule has 0 bridgehead atoms. The minimum absolute atomic E-state index is 0.0530. The van der Waals surface area contributed by atoms with Gasteiger partial charge in [0.1, 0.15) is 11.3 Å². The molecule has 0 aliphatic rings. The molecule has 0 aliphatic carbocycles. The zero-order valence-electron chi connectivity index (χ0n) is 17.2. The number of methoxy groups -OCH3 is 1. The Bertz CT molecular complexity index is 1090. The fourth-order valence-electron chi connectivity index (χ4n) is 3.09. The molecule has 0 spiro atoms. The Hall–Kier alpha value is -2.32. The quantitative estimate of drug-likeness (QED) is 0.301. The molecular weight excluding hydrogens is 470 g/mol. The number of rotatable bonds is 9. The van der Waals surface area contributed by atoms with Crippen molar-refractivity contribution in [1.82, 2.24) is 4.57 Å². The van der Waals surface area contributed by atoms with E-state index in [9.17, 15) is 9.59 Å². The Balaban J connectivity index is 2.18. The van der Waals surface area contributed by atoms with Crippen molar-refractivity contribution in [2.45, 2.75) is 33.2 Å². The number of aromatic nitrogens is 1. The van der Waals surface area contributed by atoms with Gasteiger partial charge in [0, 0.05) is 0 Å². The van der Waals surface area contributed by atoms with Crippen LogP contribution in [-0.4, -0.2) is 30.9 Å². The van der Waals surface area contributed by atoms with Gasteiger partial charge >= 0.3 is 5.97 Å². The van der Waals surface area contributed by atoms with Crippen LogP contribution in [0.3, 0.4) is 0 Å². The molecule has 8 heteroatoms. The molecule has 3 rings (SSSR count). The number of thiophene rings is 1. The molecule has 0 amide bonds. The fraction of sp³-hybridized carbons (Fsp3) is 0.364. The predicted octanol–water partition coefficient (Wildman–Crippen LogP) is 5.24. The van der Waals surface area contributed by atoms with Crippen molar-refractivity contribution in [3.63, 3.8) is 0 Å². The molecule has 0 atom stereocenters. The Morgan fingerprint density at radius 3 is 2.57 bits per heavy atom. The second-order valence-electron chi connectivity index (χ2n) is 6.63. The van der Waals surface area contributed by atoms with E-state index in [1.807, 2.05) is 37.3 Å². The molecule has 0 saturated carbocycles. The molecule has 160 valence electrons. The lowest BCUT2D eigenvalue weighted by atomic mass is 10.1. The van der Waals surface area contributed by atoms with E-state index in [0.717, 1.165) is 27.9 Å². The molecule has 0 fully saturated rings. The smallest absolute Gasteiger partial charge is 0.343 e. The molecule has 30 heavy (non-hydrogen) atoms. The van der Waals surface area contributed by atoms with Crippen LogP contribution in [-0.2, 0) is 11.3 Å². The van der Waals surface area contributed by atoms with Gasteiger partial charge in [-0.15, -0.1) is 11.3 Å². The van der Waals surface area contributed by atoms with Crippen molar-refractivity contribution < 1.29 is 19.0 Å². The fourth-order valence-corrected chi connectivity index (χ4v) is 4.71. The van der Waals surface area contributed by atoms with Crippen molar-refractivity contribution in [3.8, 4) is 11.5 Å². The number of esters is 1. The summed E-state index contributed by atoms with van der Waals surface area (Å²) in [4.78, 5) is 26.2. The topological polar surface area (TPSA) is 66.8 Å². The summed E-state index contributed by atoms with van der Waals surface area (Å²) in [5, 5.41) is 0. The van der Waals surface area contributed by atoms with Crippen LogP contribution in [0.15, 0.2) is 38.9 Å². The van der Waals surface area contributed by atoms with E-state index < -0.39 is 5.97 Å². The standard InChI is InChI=1S/C22H24BrNO5S/c1-4-6-11-29-19-18(22(26)28-5-2)20-16(12-17(23)30-20)24(21(19)25)13-14-7-9-15(27-3)10-8-14/h7-10,12H,4-6,11,13H2,1-3H3. The highest BCUT2D eigenvalue weighted by Crippen LogP contribution is 2.36. The predicted molar refractivity (Wildman–Crippen MR) is 122 cm³/mol. The average Bonchev–Trinajstić information content (AvgIpc) is 3.12. The first kappa shape index (κ1) is 22.4. The molecule has 0 N–H and O–H groups in total. The second-order valence-corrected chi connectivity index (χ2v) is 9.06. The third-order valence-corrected chi connectivity index (χ3v) is 6.24. The number of hydrogen-bond acceptors (Lipinski definition) is 6. The lowest BCUT2D eigenvalue weighted by Crippen LogP contribution is -2.26. The van der Waals surface area contributed by atoms with Gasteiger partial charge in [-0.2, -0.15) is 0 Å². The van der Waals surface area contributed by atoms with Gasteiger partial charge in [0.05, 0.1) is 40.9 Å². The first-order valence-corrected chi connectivity index (χ1v) is 11.4. The Morgan fingerprint density at radius 2 is 1.93 bits per heavy atom. The van der Waals surface area contributed by atoms with Gasteiger partial charge in [0.2, 0.25) is 5.75 Å². The number of halogens is 1. The minimum atomic E-state index is -0.544. The summed E-state index contributed by atoms with van der Waals surface area (Å²) in [5.41, 5.74) is 1.46. The monoisotopic (exact) mass is 493 g/mol. The van der Waals surface area contributed by atoms with Crippen LogP contribution in [0.25, 0.3) is 10.2 Å². The Morgan fingerprint density at radius 1 is 1.20 bits per heavy atom. The number of hydrogen-bond donors (Lipinski definition) is 0. The zero-order chi connectivity index (χ0) is 21.7. The van der Waals surface area contributed by atoms with Crippen molar-refractivity contribution in [3.05, 3.63) is 55.6 Å². The summed E-state index contributed by atoms with van der Waals surface area (Å²) in [6.45, 7) is 4.70. The van der Waals surface area contributed by atoms with Crippen LogP contribution in [0.4, 0.5) is 0 Å². The minimum Gasteiger partial charge on any atom is -0.497 e. The number of carbonyl (C=O) groups is 1. The van der Waals surface area contributed by atoms with Crippen LogP contribution in [0.5, 0.6) is 11.5 Å². The third-order valence-electron chi connectivity index (χ3n) is 4.59. The number of pyridine rings is 1. The van der Waals surface area contributed by atoms with Crippen LogP contribution >= 0.6 is 27.3 Å². The SMILES string of the molecule is CCCCOc1c(C(=O)OCC)c2sc(Br)cc2n(Cc2ccc(OC)cc2)c1=O. The van der Waals surface area contributed by atoms with Gasteiger partial charge in [0.15, 0.2) is 0 Å². The first-order valence-electron chi connectivity index (χ1n) is 9.78. The van der Waals surface area contributed by atoms with E-state index in [0.29, 0.717) is 23.4 Å². The molecule has 3 aromatic rings. The molecule has 0 unspecified atom stereocenters. The van der Waals surface area contributed by atoms with Crippen LogP contribution in [0.2, 0.25) is 0 Å². The highest BCUT2D eigenvalue weighted by molar-refractivity contribution is 9.11. The van der Waals surface area contributed by atoms with Crippen LogP contribution < -0.4 is 15.0 Å². The molecule has 1 aromatic carbocycles. The number of nitrogens with zero attached hydrogens (tertiary/aromatic N) is 1. The number of carbonyl (C=O) groups excluding carboxylic acids is 1. The molecule has 0 radical (unpaired) electrons. The van der Waals surface area contributed by atoms with Gasteiger partial charge in [-0.25, -0.2) is 4.79 Å². The van der Waals surface area contributed by atoms with E-state index in [1.165, 1.54) is 11.3 Å². The highest BCUT2D eigenvalue weighted by Gasteiger charge is 2.26. The van der Waals surface area contributed by atoms with E-state index in [4.69, 9.17) is 14.2 Å². The van der Waals surface area contributed by atoms with Gasteiger partial charge in [-0.3, -0.25) is 9.36 Å².